The number of hydrogen-bond acceptors (Lipinski definition) is 4. The Morgan fingerprint density at radius 2 is 2.10 bits per heavy atom. The van der Waals surface area contributed by atoms with Crippen LogP contribution in [0.1, 0.15) is 30.1 Å². The number of carboxylic acids is 1. The number of nitrogens with zero attached hydrogens (tertiary/aromatic N) is 3. The molecule has 20 heavy (non-hydrogen) atoms. The summed E-state index contributed by atoms with van der Waals surface area (Å²) in [5.74, 6) is -0.476. The van der Waals surface area contributed by atoms with Crippen LogP contribution in [0.2, 0.25) is 0 Å². The molecule has 1 amide bonds. The van der Waals surface area contributed by atoms with E-state index in [0.29, 0.717) is 24.9 Å². The molecule has 0 saturated carbocycles. The molecule has 1 unspecified atom stereocenters. The van der Waals surface area contributed by atoms with E-state index in [2.05, 4.69) is 4.98 Å². The lowest BCUT2D eigenvalue weighted by Crippen LogP contribution is -2.50. The van der Waals surface area contributed by atoms with E-state index in [0.717, 1.165) is 5.82 Å². The molecule has 1 aromatic heterocycles. The summed E-state index contributed by atoms with van der Waals surface area (Å²) in [5, 5.41) is 9.34. The molecule has 1 fully saturated rings. The maximum Gasteiger partial charge on any atom is 0.329 e. The van der Waals surface area contributed by atoms with Crippen molar-refractivity contribution in [3.05, 3.63) is 23.9 Å². The number of carboxylic acid groups (broad SMARTS) is 1. The molecule has 1 atom stereocenters. The van der Waals surface area contributed by atoms with Crippen molar-refractivity contribution in [3.63, 3.8) is 0 Å². The van der Waals surface area contributed by atoms with Crippen molar-refractivity contribution >= 4 is 17.7 Å². The van der Waals surface area contributed by atoms with Crippen LogP contribution in [0.15, 0.2) is 18.3 Å². The fourth-order valence-electron chi connectivity index (χ4n) is 2.44. The number of hydrogen-bond donors (Lipinski definition) is 1. The Kier molecular flexibility index (Phi) is 3.65. The number of likely N-dealkylation sites (tertiary alicyclic amines) is 1. The third kappa shape index (κ3) is 2.33. The smallest absolute Gasteiger partial charge is 0.329 e. The molecule has 1 aliphatic heterocycles. The number of rotatable bonds is 3. The predicted molar refractivity (Wildman–Crippen MR) is 74.9 cm³/mol. The molecule has 0 spiro atoms. The van der Waals surface area contributed by atoms with Crippen molar-refractivity contribution in [2.45, 2.75) is 25.3 Å². The number of aromatic nitrogens is 1. The quantitative estimate of drug-likeness (QED) is 0.899. The predicted octanol–water partition coefficient (Wildman–Crippen LogP) is 1.23. The van der Waals surface area contributed by atoms with Gasteiger partial charge in [0.15, 0.2) is 0 Å². The third-order valence-electron chi connectivity index (χ3n) is 3.80. The Morgan fingerprint density at radius 3 is 2.60 bits per heavy atom. The van der Waals surface area contributed by atoms with Gasteiger partial charge in [0.2, 0.25) is 0 Å². The van der Waals surface area contributed by atoms with Gasteiger partial charge in [-0.15, -0.1) is 0 Å². The van der Waals surface area contributed by atoms with Gasteiger partial charge in [0.1, 0.15) is 11.4 Å². The first-order valence-electron chi connectivity index (χ1n) is 6.55. The van der Waals surface area contributed by atoms with Crippen LogP contribution in [-0.4, -0.2) is 53.0 Å². The standard InChI is InChI=1S/C14H19N3O3/c1-14(13(19)20)7-4-8-17(14)12(18)10-5-6-11(15-9-10)16(2)3/h5-6,9H,4,7-8H2,1-3H3,(H,19,20). The molecule has 6 nitrogen and oxygen atoms in total. The zero-order valence-electron chi connectivity index (χ0n) is 12.0. The summed E-state index contributed by atoms with van der Waals surface area (Å²) in [7, 11) is 3.73. The largest absolute Gasteiger partial charge is 0.480 e. The zero-order chi connectivity index (χ0) is 14.9. The van der Waals surface area contributed by atoms with Gasteiger partial charge in [0.05, 0.1) is 5.56 Å². The van der Waals surface area contributed by atoms with Gasteiger partial charge in [-0.2, -0.15) is 0 Å². The molecule has 6 heteroatoms. The van der Waals surface area contributed by atoms with Gasteiger partial charge < -0.3 is 14.9 Å². The summed E-state index contributed by atoms with van der Waals surface area (Å²) in [6, 6.07) is 3.44. The van der Waals surface area contributed by atoms with E-state index in [4.69, 9.17) is 0 Å². The summed E-state index contributed by atoms with van der Waals surface area (Å²) in [6.45, 7) is 2.07. The van der Waals surface area contributed by atoms with E-state index >= 15 is 0 Å². The molecular formula is C14H19N3O3. The average molecular weight is 277 g/mol. The highest BCUT2D eigenvalue weighted by atomic mass is 16.4. The molecule has 1 N–H and O–H groups in total. The Morgan fingerprint density at radius 1 is 1.40 bits per heavy atom. The molecule has 108 valence electrons. The van der Waals surface area contributed by atoms with Gasteiger partial charge in [-0.05, 0) is 31.9 Å². The van der Waals surface area contributed by atoms with E-state index < -0.39 is 11.5 Å². The van der Waals surface area contributed by atoms with E-state index in [1.165, 1.54) is 11.1 Å². The Hall–Kier alpha value is -2.11. The van der Waals surface area contributed by atoms with Crippen molar-refractivity contribution in [1.29, 1.82) is 0 Å². The van der Waals surface area contributed by atoms with Gasteiger partial charge in [-0.1, -0.05) is 0 Å². The minimum atomic E-state index is -1.11. The summed E-state index contributed by atoms with van der Waals surface area (Å²) < 4.78 is 0. The molecule has 0 aromatic carbocycles. The number of anilines is 1. The topological polar surface area (TPSA) is 73.7 Å². The Bertz CT molecular complexity index is 527. The Labute approximate surface area is 118 Å². The van der Waals surface area contributed by atoms with Gasteiger partial charge >= 0.3 is 5.97 Å². The van der Waals surface area contributed by atoms with Crippen molar-refractivity contribution in [2.24, 2.45) is 0 Å². The SMILES string of the molecule is CN(C)c1ccc(C(=O)N2CCCC2(C)C(=O)O)cn1. The summed E-state index contributed by atoms with van der Waals surface area (Å²) in [5.41, 5.74) is -0.693. The van der Waals surface area contributed by atoms with Gasteiger partial charge in [-0.3, -0.25) is 4.79 Å². The zero-order valence-corrected chi connectivity index (χ0v) is 12.0. The number of amides is 1. The number of carbonyl (C=O) groups is 2. The van der Waals surface area contributed by atoms with Crippen molar-refractivity contribution in [2.75, 3.05) is 25.5 Å². The number of carbonyl (C=O) groups excluding carboxylic acids is 1. The highest BCUT2D eigenvalue weighted by molar-refractivity contribution is 5.98. The maximum atomic E-state index is 12.5. The first kappa shape index (κ1) is 14.3. The fourth-order valence-corrected chi connectivity index (χ4v) is 2.44. The minimum Gasteiger partial charge on any atom is -0.480 e. The first-order valence-corrected chi connectivity index (χ1v) is 6.55. The minimum absolute atomic E-state index is 0.273. The molecule has 2 heterocycles. The van der Waals surface area contributed by atoms with Gasteiger partial charge in [0, 0.05) is 26.8 Å². The lowest BCUT2D eigenvalue weighted by atomic mass is 9.99. The molecule has 2 rings (SSSR count). The lowest BCUT2D eigenvalue weighted by Gasteiger charge is -2.31. The molecule has 1 aliphatic rings. The molecule has 0 bridgehead atoms. The molecule has 1 aromatic rings. The van der Waals surface area contributed by atoms with E-state index in [1.54, 1.807) is 19.1 Å². The second-order valence-electron chi connectivity index (χ2n) is 5.44. The fraction of sp³-hybridized carbons (Fsp3) is 0.500. The summed E-state index contributed by atoms with van der Waals surface area (Å²) >= 11 is 0. The highest BCUT2D eigenvalue weighted by Gasteiger charge is 2.46. The molecular weight excluding hydrogens is 258 g/mol. The normalized spacial score (nSPS) is 21.9. The van der Waals surface area contributed by atoms with E-state index in [-0.39, 0.29) is 5.91 Å². The average Bonchev–Trinajstić information content (AvgIpc) is 2.81. The van der Waals surface area contributed by atoms with Crippen LogP contribution in [0.3, 0.4) is 0 Å². The van der Waals surface area contributed by atoms with Gasteiger partial charge in [-0.25, -0.2) is 9.78 Å². The van der Waals surface area contributed by atoms with Crippen LogP contribution in [0.4, 0.5) is 5.82 Å². The highest BCUT2D eigenvalue weighted by Crippen LogP contribution is 2.30. The maximum absolute atomic E-state index is 12.5. The van der Waals surface area contributed by atoms with E-state index in [9.17, 15) is 14.7 Å². The van der Waals surface area contributed by atoms with E-state index in [1.807, 2.05) is 19.0 Å². The second kappa shape index (κ2) is 5.11. The van der Waals surface area contributed by atoms with Crippen LogP contribution < -0.4 is 4.90 Å². The van der Waals surface area contributed by atoms with Crippen molar-refractivity contribution < 1.29 is 14.7 Å². The van der Waals surface area contributed by atoms with Crippen LogP contribution >= 0.6 is 0 Å². The van der Waals surface area contributed by atoms with Crippen molar-refractivity contribution in [1.82, 2.24) is 9.88 Å². The number of aliphatic carboxylic acids is 1. The lowest BCUT2D eigenvalue weighted by molar-refractivity contribution is -0.147. The molecule has 1 saturated heterocycles. The monoisotopic (exact) mass is 277 g/mol. The second-order valence-corrected chi connectivity index (χ2v) is 5.44. The third-order valence-corrected chi connectivity index (χ3v) is 3.80. The van der Waals surface area contributed by atoms with Crippen LogP contribution in [0.25, 0.3) is 0 Å². The summed E-state index contributed by atoms with van der Waals surface area (Å²) in [6.07, 6.45) is 2.69. The van der Waals surface area contributed by atoms with Gasteiger partial charge in [0.25, 0.3) is 5.91 Å². The molecule has 0 radical (unpaired) electrons. The Balaban J connectivity index is 2.25. The molecule has 0 aliphatic carbocycles. The summed E-state index contributed by atoms with van der Waals surface area (Å²) in [4.78, 5) is 31.3. The van der Waals surface area contributed by atoms with Crippen molar-refractivity contribution in [3.8, 4) is 0 Å². The number of pyridine rings is 1. The van der Waals surface area contributed by atoms with Crippen LogP contribution in [-0.2, 0) is 4.79 Å². The van der Waals surface area contributed by atoms with Crippen LogP contribution in [0, 0.1) is 0 Å². The van der Waals surface area contributed by atoms with Crippen LogP contribution in [0.5, 0.6) is 0 Å². The first-order chi connectivity index (χ1) is 9.36.